The lowest BCUT2D eigenvalue weighted by molar-refractivity contribution is -0.161. The quantitative estimate of drug-likeness (QED) is 0.789. The molecule has 0 aromatic heterocycles. The predicted octanol–water partition coefficient (Wildman–Crippen LogP) is 1.58. The molecular weight excluding hydrogens is 296 g/mol. The first kappa shape index (κ1) is 16.0. The number of hydrogen-bond donors (Lipinski definition) is 0. The van der Waals surface area contributed by atoms with Gasteiger partial charge >= 0.3 is 0 Å². The van der Waals surface area contributed by atoms with Crippen molar-refractivity contribution in [3.63, 3.8) is 0 Å². The highest BCUT2D eigenvalue weighted by Crippen LogP contribution is 2.40. The van der Waals surface area contributed by atoms with Crippen LogP contribution < -0.4 is 9.80 Å². The van der Waals surface area contributed by atoms with E-state index in [1.165, 1.54) is 0 Å². The smallest absolute Gasteiger partial charge is 0.259 e. The van der Waals surface area contributed by atoms with Crippen LogP contribution in [0.2, 0.25) is 0 Å². The molecule has 0 spiro atoms. The van der Waals surface area contributed by atoms with Crippen molar-refractivity contribution in [2.75, 3.05) is 30.1 Å². The molecule has 0 unspecified atom stereocenters. The van der Waals surface area contributed by atoms with Crippen molar-refractivity contribution >= 4 is 23.2 Å². The van der Waals surface area contributed by atoms with E-state index in [2.05, 4.69) is 0 Å². The Kier molecular flexibility index (Phi) is 3.90. The molecule has 0 bridgehead atoms. The fourth-order valence-corrected chi connectivity index (χ4v) is 3.28. The number of benzene rings is 1. The molecule has 1 aromatic carbocycles. The lowest BCUT2D eigenvalue weighted by Crippen LogP contribution is -2.64. The molecule has 124 valence electrons. The highest BCUT2D eigenvalue weighted by Gasteiger charge is 2.49. The Labute approximate surface area is 136 Å². The lowest BCUT2D eigenvalue weighted by atomic mass is 9.93. The fourth-order valence-electron chi connectivity index (χ4n) is 3.28. The van der Waals surface area contributed by atoms with Crippen LogP contribution in [-0.4, -0.2) is 49.8 Å². The molecule has 1 aromatic rings. The first-order valence-corrected chi connectivity index (χ1v) is 7.80. The molecule has 23 heavy (non-hydrogen) atoms. The Morgan fingerprint density at radius 3 is 2.43 bits per heavy atom. The minimum Gasteiger partial charge on any atom is -0.373 e. The van der Waals surface area contributed by atoms with E-state index in [4.69, 9.17) is 9.47 Å². The zero-order valence-electron chi connectivity index (χ0n) is 13.9. The Bertz CT molecular complexity index is 643. The highest BCUT2D eigenvalue weighted by atomic mass is 16.6. The van der Waals surface area contributed by atoms with Gasteiger partial charge in [-0.25, -0.2) is 0 Å². The second-order valence-corrected chi connectivity index (χ2v) is 6.45. The van der Waals surface area contributed by atoms with Gasteiger partial charge in [0.05, 0.1) is 30.7 Å². The Morgan fingerprint density at radius 1 is 1.17 bits per heavy atom. The summed E-state index contributed by atoms with van der Waals surface area (Å²) in [7, 11) is 1.73. The van der Waals surface area contributed by atoms with Crippen molar-refractivity contribution in [1.82, 2.24) is 0 Å². The Morgan fingerprint density at radius 2 is 1.78 bits per heavy atom. The molecule has 2 atom stereocenters. The van der Waals surface area contributed by atoms with Crippen molar-refractivity contribution in [1.29, 1.82) is 0 Å². The maximum absolute atomic E-state index is 13.1. The number of anilines is 2. The number of amides is 2. The molecule has 0 saturated carbocycles. The largest absolute Gasteiger partial charge is 0.373 e. The van der Waals surface area contributed by atoms with Gasteiger partial charge in [-0.1, -0.05) is 12.1 Å². The van der Waals surface area contributed by atoms with Gasteiger partial charge in [0, 0.05) is 7.05 Å². The summed E-state index contributed by atoms with van der Waals surface area (Å²) in [6, 6.07) is 7.41. The van der Waals surface area contributed by atoms with Crippen molar-refractivity contribution in [2.45, 2.75) is 38.5 Å². The highest BCUT2D eigenvalue weighted by molar-refractivity contribution is 6.15. The molecule has 0 aliphatic carbocycles. The first-order valence-electron chi connectivity index (χ1n) is 7.80. The standard InChI is InChI=1S/C17H22N2O4/c1-11-14(23-10-9-22-11)15(20)19-13-8-6-5-7-12(13)18(4)16(21)17(19,2)3/h5-8,11,14H,9-10H2,1-4H3/t11-,14-/m0/s1. The van der Waals surface area contributed by atoms with E-state index in [0.717, 1.165) is 5.69 Å². The molecule has 1 saturated heterocycles. The van der Waals surface area contributed by atoms with E-state index < -0.39 is 11.6 Å². The van der Waals surface area contributed by atoms with Crippen LogP contribution >= 0.6 is 0 Å². The molecule has 0 radical (unpaired) electrons. The Hall–Kier alpha value is -1.92. The zero-order chi connectivity index (χ0) is 16.8. The number of hydrogen-bond acceptors (Lipinski definition) is 4. The van der Waals surface area contributed by atoms with E-state index in [-0.39, 0.29) is 17.9 Å². The molecule has 2 heterocycles. The van der Waals surface area contributed by atoms with Crippen molar-refractivity contribution < 1.29 is 19.1 Å². The molecule has 2 amide bonds. The van der Waals surface area contributed by atoms with Crippen molar-refractivity contribution in [3.8, 4) is 0 Å². The maximum atomic E-state index is 13.1. The fraction of sp³-hybridized carbons (Fsp3) is 0.529. The van der Waals surface area contributed by atoms with Crippen LogP contribution in [0.3, 0.4) is 0 Å². The van der Waals surface area contributed by atoms with Gasteiger partial charge < -0.3 is 14.4 Å². The molecule has 2 aliphatic heterocycles. The van der Waals surface area contributed by atoms with Gasteiger partial charge in [-0.05, 0) is 32.9 Å². The van der Waals surface area contributed by atoms with Gasteiger partial charge in [-0.3, -0.25) is 14.5 Å². The second-order valence-electron chi connectivity index (χ2n) is 6.45. The summed E-state index contributed by atoms with van der Waals surface area (Å²) in [5.41, 5.74) is 0.446. The molecule has 6 heteroatoms. The topological polar surface area (TPSA) is 59.1 Å². The third kappa shape index (κ3) is 2.42. The van der Waals surface area contributed by atoms with Gasteiger partial charge in [-0.15, -0.1) is 0 Å². The number of para-hydroxylation sites is 2. The van der Waals surface area contributed by atoms with E-state index in [1.807, 2.05) is 31.2 Å². The van der Waals surface area contributed by atoms with Crippen LogP contribution in [0.15, 0.2) is 24.3 Å². The minimum atomic E-state index is -0.985. The van der Waals surface area contributed by atoms with Gasteiger partial charge in [0.15, 0.2) is 6.10 Å². The average molecular weight is 318 g/mol. The SMILES string of the molecule is C[C@@H]1OCCO[C@@H]1C(=O)N1c2ccccc2N(C)C(=O)C1(C)C. The summed E-state index contributed by atoms with van der Waals surface area (Å²) < 4.78 is 11.2. The number of rotatable bonds is 1. The number of carbonyl (C=O) groups excluding carboxylic acids is 2. The van der Waals surface area contributed by atoms with Crippen molar-refractivity contribution in [2.24, 2.45) is 0 Å². The summed E-state index contributed by atoms with van der Waals surface area (Å²) in [6.45, 7) is 6.19. The lowest BCUT2D eigenvalue weighted by Gasteiger charge is -2.47. The summed E-state index contributed by atoms with van der Waals surface area (Å²) in [5.74, 6) is -0.370. The van der Waals surface area contributed by atoms with Crippen LogP contribution in [0.5, 0.6) is 0 Å². The van der Waals surface area contributed by atoms with Crippen molar-refractivity contribution in [3.05, 3.63) is 24.3 Å². The maximum Gasteiger partial charge on any atom is 0.259 e. The zero-order valence-corrected chi connectivity index (χ0v) is 13.9. The summed E-state index contributed by atoms with van der Waals surface area (Å²) in [4.78, 5) is 29.0. The molecule has 2 aliphatic rings. The van der Waals surface area contributed by atoms with Crippen LogP contribution in [-0.2, 0) is 19.1 Å². The predicted molar refractivity (Wildman–Crippen MR) is 86.6 cm³/mol. The molecule has 3 rings (SSSR count). The average Bonchev–Trinajstić information content (AvgIpc) is 2.53. The molecular formula is C17H22N2O4. The van der Waals surface area contributed by atoms with Gasteiger partial charge in [0.1, 0.15) is 5.54 Å². The summed E-state index contributed by atoms with van der Waals surface area (Å²) >= 11 is 0. The van der Waals surface area contributed by atoms with E-state index in [1.54, 1.807) is 30.7 Å². The van der Waals surface area contributed by atoms with Crippen LogP contribution in [0.1, 0.15) is 20.8 Å². The molecule has 0 N–H and O–H groups in total. The third-order valence-corrected chi connectivity index (χ3v) is 4.52. The molecule has 1 fully saturated rings. The molecule has 6 nitrogen and oxygen atoms in total. The summed E-state index contributed by atoms with van der Waals surface area (Å²) in [5, 5.41) is 0. The minimum absolute atomic E-state index is 0.131. The van der Waals surface area contributed by atoms with Crippen LogP contribution in [0.4, 0.5) is 11.4 Å². The summed E-state index contributed by atoms with van der Waals surface area (Å²) in [6.07, 6.45) is -1.04. The van der Waals surface area contributed by atoms with E-state index in [9.17, 15) is 9.59 Å². The van der Waals surface area contributed by atoms with Crippen LogP contribution in [0, 0.1) is 0 Å². The normalized spacial score (nSPS) is 26.9. The number of carbonyl (C=O) groups is 2. The second kappa shape index (κ2) is 5.62. The van der Waals surface area contributed by atoms with E-state index in [0.29, 0.717) is 18.9 Å². The third-order valence-electron chi connectivity index (χ3n) is 4.52. The first-order chi connectivity index (χ1) is 10.9. The number of nitrogens with zero attached hydrogens (tertiary/aromatic N) is 2. The van der Waals surface area contributed by atoms with Gasteiger partial charge in [0.25, 0.3) is 11.8 Å². The Balaban J connectivity index is 2.06. The monoisotopic (exact) mass is 318 g/mol. The van der Waals surface area contributed by atoms with Gasteiger partial charge in [-0.2, -0.15) is 0 Å². The van der Waals surface area contributed by atoms with E-state index >= 15 is 0 Å². The number of likely N-dealkylation sites (N-methyl/N-ethyl adjacent to an activating group) is 1. The van der Waals surface area contributed by atoms with Crippen LogP contribution in [0.25, 0.3) is 0 Å². The number of fused-ring (bicyclic) bond motifs is 1. The number of ether oxygens (including phenoxy) is 2. The van der Waals surface area contributed by atoms with Gasteiger partial charge in [0.2, 0.25) is 0 Å².